The lowest BCUT2D eigenvalue weighted by Crippen LogP contribution is -2.22. The second-order valence-corrected chi connectivity index (χ2v) is 5.18. The average Bonchev–Trinajstić information content (AvgIpc) is 2.63. The third kappa shape index (κ3) is 2.84. The molecule has 19 heavy (non-hydrogen) atoms. The molecule has 2 aromatic rings. The maximum atomic E-state index is 13.8. The van der Waals surface area contributed by atoms with Crippen molar-refractivity contribution in [2.75, 3.05) is 7.05 Å². The third-order valence-electron chi connectivity index (χ3n) is 3.12. The molecule has 2 rings (SSSR count). The van der Waals surface area contributed by atoms with Crippen LogP contribution in [0.15, 0.2) is 22.8 Å². The van der Waals surface area contributed by atoms with Crippen molar-refractivity contribution < 1.29 is 4.39 Å². The van der Waals surface area contributed by atoms with E-state index in [0.717, 1.165) is 15.9 Å². The Kier molecular flexibility index (Phi) is 4.31. The molecule has 0 bridgehead atoms. The number of halogens is 2. The first-order valence-corrected chi connectivity index (χ1v) is 6.79. The standard InChI is InChI=1S/C13H16BrFN4/c1-8-12(14)11(19(3)18-8)7-10(16-2)13-9(15)5-4-6-17-13/h4-6,10,16H,7H2,1-3H3. The molecule has 0 amide bonds. The van der Waals surface area contributed by atoms with Crippen molar-refractivity contribution in [2.24, 2.45) is 7.05 Å². The van der Waals surface area contributed by atoms with E-state index in [2.05, 4.69) is 31.3 Å². The maximum Gasteiger partial charge on any atom is 0.146 e. The fraction of sp³-hybridized carbons (Fsp3) is 0.385. The summed E-state index contributed by atoms with van der Waals surface area (Å²) in [5.74, 6) is -0.295. The van der Waals surface area contributed by atoms with E-state index in [1.165, 1.54) is 6.07 Å². The Morgan fingerprint density at radius 1 is 1.53 bits per heavy atom. The van der Waals surface area contributed by atoms with E-state index in [-0.39, 0.29) is 11.9 Å². The van der Waals surface area contributed by atoms with Crippen LogP contribution >= 0.6 is 15.9 Å². The molecule has 0 aliphatic carbocycles. The first-order valence-electron chi connectivity index (χ1n) is 6.00. The molecule has 2 heterocycles. The summed E-state index contributed by atoms with van der Waals surface area (Å²) in [5, 5.41) is 7.45. The summed E-state index contributed by atoms with van der Waals surface area (Å²) < 4.78 is 16.6. The predicted molar refractivity (Wildman–Crippen MR) is 75.3 cm³/mol. The number of likely N-dealkylation sites (N-methyl/N-ethyl adjacent to an activating group) is 1. The fourth-order valence-electron chi connectivity index (χ4n) is 2.08. The molecule has 6 heteroatoms. The average molecular weight is 327 g/mol. The number of hydrogen-bond acceptors (Lipinski definition) is 3. The summed E-state index contributed by atoms with van der Waals surface area (Å²) in [6.07, 6.45) is 2.22. The predicted octanol–water partition coefficient (Wildman–Crippen LogP) is 2.53. The molecule has 1 N–H and O–H groups in total. The van der Waals surface area contributed by atoms with Gasteiger partial charge in [0.25, 0.3) is 0 Å². The number of hydrogen-bond donors (Lipinski definition) is 1. The first-order chi connectivity index (χ1) is 9.04. The largest absolute Gasteiger partial charge is 0.311 e. The zero-order chi connectivity index (χ0) is 14.0. The quantitative estimate of drug-likeness (QED) is 0.938. The second-order valence-electron chi connectivity index (χ2n) is 4.39. The van der Waals surface area contributed by atoms with Crippen LogP contribution in [-0.2, 0) is 13.5 Å². The van der Waals surface area contributed by atoms with E-state index < -0.39 is 0 Å². The van der Waals surface area contributed by atoms with Gasteiger partial charge in [-0.05, 0) is 42.0 Å². The molecule has 2 aromatic heterocycles. The van der Waals surface area contributed by atoms with Crippen molar-refractivity contribution in [2.45, 2.75) is 19.4 Å². The van der Waals surface area contributed by atoms with Crippen molar-refractivity contribution in [3.8, 4) is 0 Å². The van der Waals surface area contributed by atoms with Gasteiger partial charge in [0.2, 0.25) is 0 Å². The molecule has 0 aliphatic heterocycles. The van der Waals surface area contributed by atoms with Crippen LogP contribution in [0.4, 0.5) is 4.39 Å². The van der Waals surface area contributed by atoms with Crippen LogP contribution in [0.2, 0.25) is 0 Å². The summed E-state index contributed by atoms with van der Waals surface area (Å²) in [6.45, 7) is 1.93. The van der Waals surface area contributed by atoms with E-state index in [1.807, 2.05) is 18.7 Å². The van der Waals surface area contributed by atoms with E-state index in [4.69, 9.17) is 0 Å². The fourth-order valence-corrected chi connectivity index (χ4v) is 2.58. The van der Waals surface area contributed by atoms with Gasteiger partial charge in [-0.2, -0.15) is 5.10 Å². The van der Waals surface area contributed by atoms with Gasteiger partial charge in [-0.25, -0.2) is 4.39 Å². The van der Waals surface area contributed by atoms with Gasteiger partial charge in [0.05, 0.1) is 27.6 Å². The lowest BCUT2D eigenvalue weighted by Gasteiger charge is -2.16. The molecular formula is C13H16BrFN4. The summed E-state index contributed by atoms with van der Waals surface area (Å²) in [7, 11) is 3.69. The van der Waals surface area contributed by atoms with Crippen LogP contribution in [0.3, 0.4) is 0 Å². The molecule has 1 atom stereocenters. The highest BCUT2D eigenvalue weighted by Gasteiger charge is 2.20. The third-order valence-corrected chi connectivity index (χ3v) is 4.16. The molecule has 4 nitrogen and oxygen atoms in total. The Hall–Kier alpha value is -1.27. The highest BCUT2D eigenvalue weighted by Crippen LogP contribution is 2.26. The SMILES string of the molecule is CNC(Cc1c(Br)c(C)nn1C)c1ncccc1F. The highest BCUT2D eigenvalue weighted by atomic mass is 79.9. The zero-order valence-corrected chi connectivity index (χ0v) is 12.7. The maximum absolute atomic E-state index is 13.8. The van der Waals surface area contributed by atoms with Gasteiger partial charge in [-0.3, -0.25) is 9.67 Å². The molecular weight excluding hydrogens is 311 g/mol. The lowest BCUT2D eigenvalue weighted by atomic mass is 10.1. The lowest BCUT2D eigenvalue weighted by molar-refractivity contribution is 0.503. The van der Waals surface area contributed by atoms with E-state index >= 15 is 0 Å². The van der Waals surface area contributed by atoms with Crippen LogP contribution in [0, 0.1) is 12.7 Å². The Labute approximate surface area is 120 Å². The van der Waals surface area contributed by atoms with Crippen molar-refractivity contribution in [1.29, 1.82) is 0 Å². The van der Waals surface area contributed by atoms with Gasteiger partial charge in [-0.15, -0.1) is 0 Å². The van der Waals surface area contributed by atoms with Crippen LogP contribution < -0.4 is 5.32 Å². The summed E-state index contributed by atoms with van der Waals surface area (Å²) in [6, 6.07) is 2.83. The molecule has 0 fully saturated rings. The van der Waals surface area contributed by atoms with Crippen molar-refractivity contribution in [3.05, 3.63) is 45.7 Å². The van der Waals surface area contributed by atoms with Crippen LogP contribution in [0.5, 0.6) is 0 Å². The Bertz CT molecular complexity index is 582. The van der Waals surface area contributed by atoms with E-state index in [9.17, 15) is 4.39 Å². The minimum atomic E-state index is -0.295. The molecule has 0 saturated carbocycles. The number of aryl methyl sites for hydroxylation is 2. The monoisotopic (exact) mass is 326 g/mol. The topological polar surface area (TPSA) is 42.7 Å². The van der Waals surface area contributed by atoms with Gasteiger partial charge in [-0.1, -0.05) is 0 Å². The molecule has 102 valence electrons. The number of nitrogens with one attached hydrogen (secondary N) is 1. The van der Waals surface area contributed by atoms with Gasteiger partial charge >= 0.3 is 0 Å². The normalized spacial score (nSPS) is 12.7. The van der Waals surface area contributed by atoms with Crippen molar-refractivity contribution in [3.63, 3.8) is 0 Å². The number of rotatable bonds is 4. The molecule has 0 aromatic carbocycles. The van der Waals surface area contributed by atoms with Crippen molar-refractivity contribution >= 4 is 15.9 Å². The van der Waals surface area contributed by atoms with Gasteiger partial charge in [0.15, 0.2) is 0 Å². The van der Waals surface area contributed by atoms with Crippen LogP contribution in [0.25, 0.3) is 0 Å². The minimum Gasteiger partial charge on any atom is -0.311 e. The Morgan fingerprint density at radius 2 is 2.26 bits per heavy atom. The molecule has 0 aliphatic rings. The molecule has 1 unspecified atom stereocenters. The minimum absolute atomic E-state index is 0.188. The number of nitrogens with zero attached hydrogens (tertiary/aromatic N) is 3. The summed E-state index contributed by atoms with van der Waals surface area (Å²) >= 11 is 3.52. The highest BCUT2D eigenvalue weighted by molar-refractivity contribution is 9.10. The van der Waals surface area contributed by atoms with Crippen LogP contribution in [0.1, 0.15) is 23.1 Å². The first kappa shape index (κ1) is 14.1. The van der Waals surface area contributed by atoms with Gasteiger partial charge < -0.3 is 5.32 Å². The van der Waals surface area contributed by atoms with E-state index in [0.29, 0.717) is 12.1 Å². The second kappa shape index (κ2) is 5.79. The smallest absolute Gasteiger partial charge is 0.146 e. The number of pyridine rings is 1. The molecule has 0 spiro atoms. The number of aromatic nitrogens is 3. The molecule has 0 radical (unpaired) electrons. The Morgan fingerprint density at radius 3 is 2.79 bits per heavy atom. The molecule has 0 saturated heterocycles. The Balaban J connectivity index is 2.32. The summed E-state index contributed by atoms with van der Waals surface area (Å²) in [5.41, 5.74) is 2.37. The van der Waals surface area contributed by atoms with Gasteiger partial charge in [0, 0.05) is 19.7 Å². The van der Waals surface area contributed by atoms with Crippen LogP contribution in [-0.4, -0.2) is 21.8 Å². The summed E-state index contributed by atoms with van der Waals surface area (Å²) in [4.78, 5) is 4.13. The van der Waals surface area contributed by atoms with Gasteiger partial charge in [0.1, 0.15) is 5.82 Å². The van der Waals surface area contributed by atoms with E-state index in [1.54, 1.807) is 19.3 Å². The zero-order valence-electron chi connectivity index (χ0n) is 11.1. The van der Waals surface area contributed by atoms with Crippen molar-refractivity contribution in [1.82, 2.24) is 20.1 Å².